The Kier molecular flexibility index (Phi) is 5.48. The zero-order valence-electron chi connectivity index (χ0n) is 18.7. The van der Waals surface area contributed by atoms with Crippen molar-refractivity contribution < 1.29 is 19.2 Å². The highest BCUT2D eigenvalue weighted by atomic mass is 16.2. The molecule has 33 heavy (non-hydrogen) atoms. The highest BCUT2D eigenvalue weighted by Gasteiger charge is 2.37. The minimum Gasteiger partial charge on any atom is -0.326 e. The van der Waals surface area contributed by atoms with Crippen molar-refractivity contribution in [3.8, 4) is 0 Å². The van der Waals surface area contributed by atoms with Gasteiger partial charge in [-0.3, -0.25) is 19.2 Å². The monoisotopic (exact) mass is 445 g/mol. The van der Waals surface area contributed by atoms with Gasteiger partial charge in [-0.1, -0.05) is 18.6 Å². The number of benzene rings is 2. The third-order valence-corrected chi connectivity index (χ3v) is 7.02. The molecule has 1 saturated carbocycles. The number of carbonyl (C=O) groups excluding carboxylic acids is 4. The van der Waals surface area contributed by atoms with E-state index < -0.39 is 5.92 Å². The van der Waals surface area contributed by atoms with E-state index in [9.17, 15) is 19.2 Å². The van der Waals surface area contributed by atoms with Crippen molar-refractivity contribution in [2.24, 2.45) is 11.8 Å². The lowest BCUT2D eigenvalue weighted by Crippen LogP contribution is -2.37. The van der Waals surface area contributed by atoms with Crippen LogP contribution in [0.2, 0.25) is 0 Å². The quantitative estimate of drug-likeness (QED) is 0.713. The molecule has 2 heterocycles. The van der Waals surface area contributed by atoms with Crippen molar-refractivity contribution in [3.63, 3.8) is 0 Å². The Labute approximate surface area is 192 Å². The Morgan fingerprint density at radius 3 is 2.58 bits per heavy atom. The molecular weight excluding hydrogens is 418 g/mol. The van der Waals surface area contributed by atoms with Gasteiger partial charge >= 0.3 is 0 Å². The number of anilines is 3. The highest BCUT2D eigenvalue weighted by molar-refractivity contribution is 6.04. The van der Waals surface area contributed by atoms with E-state index >= 15 is 0 Å². The van der Waals surface area contributed by atoms with E-state index in [1.807, 2.05) is 23.1 Å². The summed E-state index contributed by atoms with van der Waals surface area (Å²) < 4.78 is 0. The standard InChI is InChI=1S/C26H27N3O4/c1-16(30)18-6-3-7-21(12-18)27-25(32)20-14-24(31)29(15-20)22-8-9-23-19(13-22)10-11-28(23)26(33)17-4-2-5-17/h3,6-9,12-13,17,20H,2,4-5,10-11,14-15H2,1H3,(H,27,32). The molecule has 0 spiro atoms. The highest BCUT2D eigenvalue weighted by Crippen LogP contribution is 2.37. The zero-order chi connectivity index (χ0) is 23.1. The molecule has 5 rings (SSSR count). The molecular formula is C26H27N3O4. The van der Waals surface area contributed by atoms with E-state index in [0.29, 0.717) is 24.3 Å². The minimum absolute atomic E-state index is 0.0714. The molecule has 1 saturated heterocycles. The summed E-state index contributed by atoms with van der Waals surface area (Å²) in [5, 5.41) is 2.84. The third kappa shape index (κ3) is 4.03. The first-order valence-corrected chi connectivity index (χ1v) is 11.6. The van der Waals surface area contributed by atoms with Crippen molar-refractivity contribution in [2.75, 3.05) is 28.2 Å². The second-order valence-electron chi connectivity index (χ2n) is 9.21. The molecule has 3 amide bonds. The average molecular weight is 446 g/mol. The molecule has 7 heteroatoms. The van der Waals surface area contributed by atoms with Gasteiger partial charge in [0, 0.05) is 48.1 Å². The number of hydrogen-bond donors (Lipinski definition) is 1. The molecule has 0 aromatic heterocycles. The fourth-order valence-electron chi connectivity index (χ4n) is 4.85. The van der Waals surface area contributed by atoms with Crippen LogP contribution in [0.25, 0.3) is 0 Å². The lowest BCUT2D eigenvalue weighted by Gasteiger charge is -2.29. The predicted molar refractivity (Wildman–Crippen MR) is 125 cm³/mol. The molecule has 0 bridgehead atoms. The van der Waals surface area contributed by atoms with E-state index in [2.05, 4.69) is 5.32 Å². The Hall–Kier alpha value is -3.48. The summed E-state index contributed by atoms with van der Waals surface area (Å²) >= 11 is 0. The smallest absolute Gasteiger partial charge is 0.230 e. The molecule has 1 N–H and O–H groups in total. The molecule has 2 aromatic carbocycles. The molecule has 7 nitrogen and oxygen atoms in total. The van der Waals surface area contributed by atoms with Gasteiger partial charge in [-0.25, -0.2) is 0 Å². The van der Waals surface area contributed by atoms with Gasteiger partial charge in [-0.2, -0.15) is 0 Å². The minimum atomic E-state index is -0.469. The van der Waals surface area contributed by atoms with Gasteiger partial charge in [0.05, 0.1) is 5.92 Å². The summed E-state index contributed by atoms with van der Waals surface area (Å²) in [7, 11) is 0. The Morgan fingerprint density at radius 2 is 1.85 bits per heavy atom. The van der Waals surface area contributed by atoms with Crippen molar-refractivity contribution in [1.82, 2.24) is 0 Å². The molecule has 2 aliphatic heterocycles. The normalized spacial score (nSPS) is 19.9. The molecule has 1 aliphatic carbocycles. The first kappa shape index (κ1) is 21.4. The summed E-state index contributed by atoms with van der Waals surface area (Å²) in [6.45, 7) is 2.47. The molecule has 0 radical (unpaired) electrons. The number of carbonyl (C=O) groups is 4. The molecule has 1 atom stereocenters. The molecule has 2 aromatic rings. The second-order valence-corrected chi connectivity index (χ2v) is 9.21. The van der Waals surface area contributed by atoms with Crippen LogP contribution < -0.4 is 15.1 Å². The fraction of sp³-hybridized carbons (Fsp3) is 0.385. The van der Waals surface area contributed by atoms with Crippen LogP contribution >= 0.6 is 0 Å². The Balaban J connectivity index is 1.27. The van der Waals surface area contributed by atoms with Gasteiger partial charge in [-0.15, -0.1) is 0 Å². The van der Waals surface area contributed by atoms with Gasteiger partial charge in [0.2, 0.25) is 17.7 Å². The zero-order valence-corrected chi connectivity index (χ0v) is 18.7. The van der Waals surface area contributed by atoms with Crippen LogP contribution in [0.15, 0.2) is 42.5 Å². The number of fused-ring (bicyclic) bond motifs is 1. The maximum absolute atomic E-state index is 12.8. The number of ketones is 1. The Bertz CT molecular complexity index is 1150. The van der Waals surface area contributed by atoms with Crippen LogP contribution in [0.4, 0.5) is 17.1 Å². The van der Waals surface area contributed by atoms with Gasteiger partial charge in [-0.05, 0) is 62.1 Å². The summed E-state index contributed by atoms with van der Waals surface area (Å²) in [5.74, 6) is -0.485. The molecule has 2 fully saturated rings. The lowest BCUT2D eigenvalue weighted by molar-refractivity contribution is -0.124. The lowest BCUT2D eigenvalue weighted by atomic mass is 9.84. The van der Waals surface area contributed by atoms with Gasteiger partial charge in [0.25, 0.3) is 0 Å². The van der Waals surface area contributed by atoms with E-state index in [4.69, 9.17) is 0 Å². The summed E-state index contributed by atoms with van der Waals surface area (Å²) in [6, 6.07) is 12.6. The van der Waals surface area contributed by atoms with E-state index in [0.717, 1.165) is 42.6 Å². The van der Waals surface area contributed by atoms with Crippen LogP contribution in [-0.4, -0.2) is 36.6 Å². The van der Waals surface area contributed by atoms with E-state index in [-0.39, 0.29) is 35.8 Å². The summed E-state index contributed by atoms with van der Waals surface area (Å²) in [5.41, 5.74) is 3.86. The van der Waals surface area contributed by atoms with Gasteiger partial charge in [0.1, 0.15) is 0 Å². The maximum atomic E-state index is 12.8. The van der Waals surface area contributed by atoms with E-state index in [1.165, 1.54) is 6.92 Å². The summed E-state index contributed by atoms with van der Waals surface area (Å²) in [4.78, 5) is 53.4. The van der Waals surface area contributed by atoms with Crippen molar-refractivity contribution in [1.29, 1.82) is 0 Å². The SMILES string of the molecule is CC(=O)c1cccc(NC(=O)C2CC(=O)N(c3ccc4c(c3)CCN4C(=O)C3CCC3)C2)c1. The third-order valence-electron chi connectivity index (χ3n) is 7.02. The first-order chi connectivity index (χ1) is 15.9. The van der Waals surface area contributed by atoms with Crippen LogP contribution in [0, 0.1) is 11.8 Å². The number of Topliss-reactive ketones (excluding diaryl/α,β-unsaturated/α-hetero) is 1. The maximum Gasteiger partial charge on any atom is 0.230 e. The molecule has 3 aliphatic rings. The number of amides is 3. The summed E-state index contributed by atoms with van der Waals surface area (Å²) in [6.07, 6.45) is 4.01. The van der Waals surface area contributed by atoms with Gasteiger partial charge < -0.3 is 15.1 Å². The van der Waals surface area contributed by atoms with Crippen LogP contribution in [0.3, 0.4) is 0 Å². The van der Waals surface area contributed by atoms with Crippen LogP contribution in [0.5, 0.6) is 0 Å². The number of nitrogens with zero attached hydrogens (tertiary/aromatic N) is 2. The fourth-order valence-corrected chi connectivity index (χ4v) is 4.85. The first-order valence-electron chi connectivity index (χ1n) is 11.6. The van der Waals surface area contributed by atoms with Crippen molar-refractivity contribution in [2.45, 2.75) is 39.0 Å². The predicted octanol–water partition coefficient (Wildman–Crippen LogP) is 3.57. The van der Waals surface area contributed by atoms with Gasteiger partial charge in [0.15, 0.2) is 5.78 Å². The number of rotatable bonds is 5. The van der Waals surface area contributed by atoms with Crippen LogP contribution in [-0.2, 0) is 20.8 Å². The average Bonchev–Trinajstić information content (AvgIpc) is 3.35. The largest absolute Gasteiger partial charge is 0.326 e. The molecule has 170 valence electrons. The topological polar surface area (TPSA) is 86.8 Å². The van der Waals surface area contributed by atoms with Crippen molar-refractivity contribution in [3.05, 3.63) is 53.6 Å². The van der Waals surface area contributed by atoms with Crippen molar-refractivity contribution >= 4 is 40.6 Å². The Morgan fingerprint density at radius 1 is 1.03 bits per heavy atom. The number of nitrogens with one attached hydrogen (secondary N) is 1. The number of hydrogen-bond acceptors (Lipinski definition) is 4. The molecule has 1 unspecified atom stereocenters. The van der Waals surface area contributed by atoms with E-state index in [1.54, 1.807) is 29.2 Å². The second kappa shape index (κ2) is 8.46. The van der Waals surface area contributed by atoms with Crippen LogP contribution in [0.1, 0.15) is 48.5 Å².